The van der Waals surface area contributed by atoms with E-state index in [1.54, 1.807) is 0 Å². The average Bonchev–Trinajstić information content (AvgIpc) is 2.50. The van der Waals surface area contributed by atoms with Crippen molar-refractivity contribution in [2.45, 2.75) is 55.5 Å². The summed E-state index contributed by atoms with van der Waals surface area (Å²) in [4.78, 5) is 4.47. The number of nitrogens with zero attached hydrogens (tertiary/aromatic N) is 2. The van der Waals surface area contributed by atoms with Gasteiger partial charge in [-0.15, -0.1) is 13.2 Å². The molecule has 1 heterocycles. The highest BCUT2D eigenvalue weighted by atomic mass is 16.3. The molecule has 146 valence electrons. The first-order valence-electron chi connectivity index (χ1n) is 7.56. The Labute approximate surface area is 147 Å². The number of β-amino-alcohol motifs (C(OH)–C–C–N with tert-alkyl or cyclic N) is 1. The van der Waals surface area contributed by atoms with E-state index in [0.29, 0.717) is 18.6 Å². The fourth-order valence-electron chi connectivity index (χ4n) is 1.71. The molecule has 0 saturated carbocycles. The second-order valence-electron chi connectivity index (χ2n) is 5.11. The number of nitrogens with two attached hydrogens (primary N) is 2. The maximum absolute atomic E-state index is 8.66. The van der Waals surface area contributed by atoms with Crippen LogP contribution in [0.25, 0.3) is 0 Å². The van der Waals surface area contributed by atoms with E-state index >= 15 is 0 Å². The van der Waals surface area contributed by atoms with E-state index in [1.165, 1.54) is 6.42 Å². The Hall–Kier alpha value is -0.460. The molecule has 5 N–H and O–H groups in total. The summed E-state index contributed by atoms with van der Waals surface area (Å²) >= 11 is 0. The summed E-state index contributed by atoms with van der Waals surface area (Å²) in [5, 5.41) is 8.66. The lowest BCUT2D eigenvalue weighted by molar-refractivity contribution is 0.114. The van der Waals surface area contributed by atoms with Gasteiger partial charge in [0.05, 0.1) is 6.61 Å². The van der Waals surface area contributed by atoms with Gasteiger partial charge in [0, 0.05) is 45.4 Å². The van der Waals surface area contributed by atoms with Crippen molar-refractivity contribution in [2.24, 2.45) is 17.4 Å². The molecule has 0 bridgehead atoms. The number of hydrogen-bond acceptors (Lipinski definition) is 5. The molecular weight excluding hydrogens is 288 g/mol. The summed E-state index contributed by atoms with van der Waals surface area (Å²) in [6, 6.07) is 0.366. The number of piperazine rings is 1. The molecule has 1 aliphatic heterocycles. The van der Waals surface area contributed by atoms with Crippen LogP contribution < -0.4 is 11.5 Å². The van der Waals surface area contributed by atoms with Crippen LogP contribution in [0.3, 0.4) is 0 Å². The van der Waals surface area contributed by atoms with Crippen molar-refractivity contribution in [1.82, 2.24) is 9.80 Å². The zero-order chi connectivity index (χ0) is 16.0. The molecule has 0 aromatic carbocycles. The minimum atomic E-state index is 0. The summed E-state index contributed by atoms with van der Waals surface area (Å²) in [6.45, 7) is 18.3. The van der Waals surface area contributed by atoms with Crippen LogP contribution in [-0.4, -0.2) is 66.9 Å². The van der Waals surface area contributed by atoms with E-state index in [2.05, 4.69) is 36.8 Å². The third-order valence-electron chi connectivity index (χ3n) is 3.68. The molecule has 1 rings (SSSR count). The lowest BCUT2D eigenvalue weighted by atomic mass is 10.0. The van der Waals surface area contributed by atoms with E-state index in [1.807, 2.05) is 6.92 Å². The zero-order valence-electron chi connectivity index (χ0n) is 13.7. The maximum Gasteiger partial charge on any atom is 0.0558 e. The highest BCUT2D eigenvalue weighted by Gasteiger charge is 2.13. The van der Waals surface area contributed by atoms with Crippen LogP contribution in [0.5, 0.6) is 0 Å². The molecule has 5 nitrogen and oxygen atoms in total. The molecule has 0 amide bonds. The summed E-state index contributed by atoms with van der Waals surface area (Å²) in [5.74, 6) is 0.681. The Kier molecular flexibility index (Phi) is 35.2. The van der Waals surface area contributed by atoms with E-state index in [0.717, 1.165) is 32.7 Å². The summed E-state index contributed by atoms with van der Waals surface area (Å²) in [5.41, 5.74) is 11.0. The van der Waals surface area contributed by atoms with Gasteiger partial charge in [0.25, 0.3) is 0 Å². The quantitative estimate of drug-likeness (QED) is 0.673. The molecule has 1 aliphatic rings. The van der Waals surface area contributed by atoms with Gasteiger partial charge in [-0.3, -0.25) is 9.80 Å². The predicted molar refractivity (Wildman–Crippen MR) is 109 cm³/mol. The third kappa shape index (κ3) is 19.5. The van der Waals surface area contributed by atoms with Crippen molar-refractivity contribution in [3.63, 3.8) is 0 Å². The predicted octanol–water partition coefficient (Wildman–Crippen LogP) is 2.60. The number of hydrogen-bond donors (Lipinski definition) is 3. The van der Waals surface area contributed by atoms with Gasteiger partial charge >= 0.3 is 0 Å². The molecular formula is C18H48N4O. The Morgan fingerprint density at radius 3 is 1.61 bits per heavy atom. The number of aliphatic hydroxyl groups excluding tert-OH is 1. The number of aliphatic hydroxyl groups is 1. The first-order valence-corrected chi connectivity index (χ1v) is 7.56. The maximum atomic E-state index is 8.66. The molecule has 23 heavy (non-hydrogen) atoms. The van der Waals surface area contributed by atoms with E-state index in [9.17, 15) is 0 Å². The Morgan fingerprint density at radius 1 is 1.00 bits per heavy atom. The fraction of sp³-hybridized carbons (Fsp3) is 0.889. The second kappa shape index (κ2) is 23.8. The lowest BCUT2D eigenvalue weighted by Gasteiger charge is -2.33. The molecule has 0 spiro atoms. The Bertz CT molecular complexity index is 195. The molecule has 0 aromatic heterocycles. The minimum absolute atomic E-state index is 0. The zero-order valence-corrected chi connectivity index (χ0v) is 13.7. The molecule has 0 radical (unpaired) electrons. The molecule has 0 aromatic rings. The first-order chi connectivity index (χ1) is 9.54. The van der Waals surface area contributed by atoms with Crippen LogP contribution in [0.2, 0.25) is 0 Å². The van der Waals surface area contributed by atoms with Crippen LogP contribution in [0.1, 0.15) is 49.5 Å². The Morgan fingerprint density at radius 2 is 1.39 bits per heavy atom. The molecule has 0 aliphatic carbocycles. The van der Waals surface area contributed by atoms with Crippen molar-refractivity contribution < 1.29 is 5.11 Å². The van der Waals surface area contributed by atoms with Gasteiger partial charge < -0.3 is 16.6 Å². The third-order valence-corrected chi connectivity index (χ3v) is 3.68. The van der Waals surface area contributed by atoms with Crippen LogP contribution in [0.4, 0.5) is 0 Å². The first kappa shape index (κ1) is 34.0. The van der Waals surface area contributed by atoms with Gasteiger partial charge in [0.15, 0.2) is 0 Å². The van der Waals surface area contributed by atoms with Gasteiger partial charge in [-0.2, -0.15) is 0 Å². The van der Waals surface area contributed by atoms with Crippen LogP contribution in [-0.2, 0) is 0 Å². The van der Waals surface area contributed by atoms with Gasteiger partial charge in [0.1, 0.15) is 0 Å². The normalized spacial score (nSPS) is 16.6. The highest BCUT2D eigenvalue weighted by molar-refractivity contribution is 4.69. The van der Waals surface area contributed by atoms with E-state index in [-0.39, 0.29) is 28.9 Å². The molecule has 2 unspecified atom stereocenters. The van der Waals surface area contributed by atoms with Crippen molar-refractivity contribution in [3.8, 4) is 0 Å². The van der Waals surface area contributed by atoms with E-state index in [4.69, 9.17) is 16.6 Å². The smallest absolute Gasteiger partial charge is 0.0558 e. The summed E-state index contributed by atoms with van der Waals surface area (Å²) in [7, 11) is 0. The monoisotopic (exact) mass is 336 g/mol. The van der Waals surface area contributed by atoms with E-state index < -0.39 is 0 Å². The minimum Gasteiger partial charge on any atom is -0.395 e. The number of rotatable bonds is 5. The topological polar surface area (TPSA) is 78.8 Å². The average molecular weight is 337 g/mol. The van der Waals surface area contributed by atoms with Crippen LogP contribution in [0, 0.1) is 5.92 Å². The van der Waals surface area contributed by atoms with Crippen molar-refractivity contribution in [1.29, 1.82) is 0 Å². The van der Waals surface area contributed by atoms with Crippen molar-refractivity contribution in [3.05, 3.63) is 13.2 Å². The van der Waals surface area contributed by atoms with Gasteiger partial charge in [-0.1, -0.05) is 42.5 Å². The molecule has 5 heteroatoms. The molecule has 2 atom stereocenters. The van der Waals surface area contributed by atoms with Gasteiger partial charge in [0.2, 0.25) is 0 Å². The van der Waals surface area contributed by atoms with Gasteiger partial charge in [-0.25, -0.2) is 0 Å². The van der Waals surface area contributed by atoms with Gasteiger partial charge in [-0.05, 0) is 12.8 Å². The fourth-order valence-corrected chi connectivity index (χ4v) is 1.71. The van der Waals surface area contributed by atoms with Crippen molar-refractivity contribution in [2.75, 3.05) is 46.0 Å². The van der Waals surface area contributed by atoms with Crippen molar-refractivity contribution >= 4 is 0 Å². The standard InChI is InChI=1S/C7H17N3O.C6H15N.C2H4.3CH4/c8-7-10-3-1-9(2-4-10)5-6-11;1-4-5(2)6(3)7;1-2;;;/h11H,1-8H2;5-6H,4,7H2,1-3H3;1-2H2;3*1H4. The second-order valence-corrected chi connectivity index (χ2v) is 5.11. The molecule has 1 fully saturated rings. The Balaban J connectivity index is -0.0000000804. The molecule has 1 saturated heterocycles. The largest absolute Gasteiger partial charge is 0.395 e. The summed E-state index contributed by atoms with van der Waals surface area (Å²) in [6.07, 6.45) is 1.19. The lowest BCUT2D eigenvalue weighted by Crippen LogP contribution is -2.48. The van der Waals surface area contributed by atoms with Crippen LogP contribution >= 0.6 is 0 Å². The highest BCUT2D eigenvalue weighted by Crippen LogP contribution is 2.02. The van der Waals surface area contributed by atoms with Crippen LogP contribution in [0.15, 0.2) is 13.2 Å². The SMILES string of the molecule is C.C.C.C=C.CCC(C)C(C)N.NCN1CCN(CCO)CC1. The summed E-state index contributed by atoms with van der Waals surface area (Å²) < 4.78 is 0.